The van der Waals surface area contributed by atoms with Crippen LogP contribution in [0.15, 0.2) is 0 Å². The van der Waals surface area contributed by atoms with E-state index in [1.165, 1.54) is 38.8 Å². The molecule has 1 saturated carbocycles. The number of hydrogen-bond donors (Lipinski definition) is 1. The molecule has 2 rings (SSSR count). The minimum absolute atomic E-state index is 0.821. The van der Waals surface area contributed by atoms with Crippen molar-refractivity contribution >= 4 is 15.9 Å². The van der Waals surface area contributed by atoms with E-state index >= 15 is 0 Å². The van der Waals surface area contributed by atoms with Gasteiger partial charge in [-0.2, -0.15) is 0 Å². The lowest BCUT2D eigenvalue weighted by molar-refractivity contribution is 0.191. The summed E-state index contributed by atoms with van der Waals surface area (Å²) >= 11 is 3.73. The Morgan fingerprint density at radius 2 is 2.00 bits per heavy atom. The molecule has 1 heterocycles. The lowest BCUT2D eigenvalue weighted by Crippen LogP contribution is -2.40. The van der Waals surface area contributed by atoms with Crippen molar-refractivity contribution in [2.24, 2.45) is 11.8 Å². The highest BCUT2D eigenvalue weighted by Crippen LogP contribution is 2.36. The van der Waals surface area contributed by atoms with Crippen LogP contribution in [0.2, 0.25) is 0 Å². The van der Waals surface area contributed by atoms with Gasteiger partial charge < -0.3 is 5.32 Å². The molecule has 1 aliphatic carbocycles. The largest absolute Gasteiger partial charge is 0.316 e. The molecule has 0 aromatic carbocycles. The molecule has 2 aliphatic rings. The summed E-state index contributed by atoms with van der Waals surface area (Å²) in [5.74, 6) is 2.02. The van der Waals surface area contributed by atoms with Crippen LogP contribution in [-0.4, -0.2) is 17.9 Å². The van der Waals surface area contributed by atoms with Gasteiger partial charge in [-0.05, 0) is 50.6 Å². The molecule has 0 spiro atoms. The molecule has 3 atom stereocenters. The van der Waals surface area contributed by atoms with Crippen LogP contribution in [0.4, 0.5) is 0 Å². The molecule has 64 valence electrons. The first kappa shape index (κ1) is 8.06. The third-order valence-corrected chi connectivity index (χ3v) is 4.01. The number of piperidine rings is 1. The van der Waals surface area contributed by atoms with E-state index in [0.717, 1.165) is 16.7 Å². The smallest absolute Gasteiger partial charge is 0.0148 e. The lowest BCUT2D eigenvalue weighted by Gasteiger charge is -2.37. The zero-order chi connectivity index (χ0) is 7.68. The van der Waals surface area contributed by atoms with Crippen molar-refractivity contribution in [2.75, 3.05) is 13.1 Å². The fourth-order valence-corrected chi connectivity index (χ4v) is 3.21. The topological polar surface area (TPSA) is 12.0 Å². The Bertz CT molecular complexity index is 138. The lowest BCUT2D eigenvalue weighted by atomic mass is 9.76. The average Bonchev–Trinajstić information content (AvgIpc) is 2.04. The van der Waals surface area contributed by atoms with Gasteiger partial charge in [0, 0.05) is 4.83 Å². The van der Waals surface area contributed by atoms with Crippen LogP contribution in [0.3, 0.4) is 0 Å². The molecule has 0 amide bonds. The van der Waals surface area contributed by atoms with E-state index in [0.29, 0.717) is 0 Å². The monoisotopic (exact) mass is 217 g/mol. The number of alkyl halides is 1. The van der Waals surface area contributed by atoms with Crippen LogP contribution in [0.1, 0.15) is 25.7 Å². The van der Waals surface area contributed by atoms with Crippen molar-refractivity contribution in [3.05, 3.63) is 0 Å². The summed E-state index contributed by atoms with van der Waals surface area (Å²) in [6.07, 6.45) is 5.66. The van der Waals surface area contributed by atoms with Crippen LogP contribution in [0, 0.1) is 11.8 Å². The second-order valence-corrected chi connectivity index (χ2v) is 5.22. The Morgan fingerprint density at radius 1 is 1.09 bits per heavy atom. The highest BCUT2D eigenvalue weighted by atomic mass is 79.9. The van der Waals surface area contributed by atoms with Crippen LogP contribution in [0.25, 0.3) is 0 Å². The SMILES string of the molecule is BrC1CCC2CNCCC2C1. The maximum absolute atomic E-state index is 3.73. The second kappa shape index (κ2) is 3.44. The Hall–Kier alpha value is 0.440. The Labute approximate surface area is 77.1 Å². The van der Waals surface area contributed by atoms with Crippen LogP contribution in [0.5, 0.6) is 0 Å². The standard InChI is InChI=1S/C9H16BrN/c10-9-2-1-8-6-11-4-3-7(8)5-9/h7-9,11H,1-6H2. The van der Waals surface area contributed by atoms with Gasteiger partial charge in [0.15, 0.2) is 0 Å². The van der Waals surface area contributed by atoms with Crippen molar-refractivity contribution in [2.45, 2.75) is 30.5 Å². The van der Waals surface area contributed by atoms with E-state index < -0.39 is 0 Å². The second-order valence-electron chi connectivity index (χ2n) is 3.92. The summed E-state index contributed by atoms with van der Waals surface area (Å²) in [5, 5.41) is 3.48. The van der Waals surface area contributed by atoms with E-state index in [4.69, 9.17) is 0 Å². The van der Waals surface area contributed by atoms with E-state index in [1.807, 2.05) is 0 Å². The summed E-state index contributed by atoms with van der Waals surface area (Å²) in [6.45, 7) is 2.53. The van der Waals surface area contributed by atoms with E-state index in [2.05, 4.69) is 21.2 Å². The molecule has 0 radical (unpaired) electrons. The van der Waals surface area contributed by atoms with Gasteiger partial charge >= 0.3 is 0 Å². The van der Waals surface area contributed by atoms with Gasteiger partial charge in [0.2, 0.25) is 0 Å². The van der Waals surface area contributed by atoms with Gasteiger partial charge in [-0.25, -0.2) is 0 Å². The van der Waals surface area contributed by atoms with E-state index in [1.54, 1.807) is 0 Å². The molecule has 3 unspecified atom stereocenters. The molecule has 1 N–H and O–H groups in total. The van der Waals surface area contributed by atoms with Gasteiger partial charge in [0.25, 0.3) is 0 Å². The zero-order valence-corrected chi connectivity index (χ0v) is 8.44. The summed E-state index contributed by atoms with van der Waals surface area (Å²) in [4.78, 5) is 0.821. The predicted molar refractivity (Wildman–Crippen MR) is 51.0 cm³/mol. The van der Waals surface area contributed by atoms with Crippen LogP contribution in [-0.2, 0) is 0 Å². The van der Waals surface area contributed by atoms with Gasteiger partial charge in [-0.15, -0.1) is 0 Å². The first-order valence-electron chi connectivity index (χ1n) is 4.71. The third kappa shape index (κ3) is 1.78. The summed E-state index contributed by atoms with van der Waals surface area (Å²) < 4.78 is 0. The predicted octanol–water partition coefficient (Wildman–Crippen LogP) is 2.16. The Balaban J connectivity index is 1.93. The van der Waals surface area contributed by atoms with Crippen molar-refractivity contribution in [1.82, 2.24) is 5.32 Å². The molecule has 2 heteroatoms. The molecule has 1 aliphatic heterocycles. The van der Waals surface area contributed by atoms with Crippen LogP contribution < -0.4 is 5.32 Å². The van der Waals surface area contributed by atoms with Gasteiger partial charge in [0.1, 0.15) is 0 Å². The van der Waals surface area contributed by atoms with Crippen molar-refractivity contribution < 1.29 is 0 Å². The molecular formula is C9H16BrN. The third-order valence-electron chi connectivity index (χ3n) is 3.17. The number of halogens is 1. The van der Waals surface area contributed by atoms with E-state index in [9.17, 15) is 0 Å². The fraction of sp³-hybridized carbons (Fsp3) is 1.00. The van der Waals surface area contributed by atoms with E-state index in [-0.39, 0.29) is 0 Å². The number of fused-ring (bicyclic) bond motifs is 1. The first-order chi connectivity index (χ1) is 5.36. The fourth-order valence-electron chi connectivity index (χ4n) is 2.47. The minimum atomic E-state index is 0.821. The molecule has 11 heavy (non-hydrogen) atoms. The summed E-state index contributed by atoms with van der Waals surface area (Å²) in [7, 11) is 0. The maximum atomic E-state index is 3.73. The highest BCUT2D eigenvalue weighted by molar-refractivity contribution is 9.09. The molecular weight excluding hydrogens is 202 g/mol. The summed E-state index contributed by atoms with van der Waals surface area (Å²) in [5.41, 5.74) is 0. The van der Waals surface area contributed by atoms with Crippen molar-refractivity contribution in [3.8, 4) is 0 Å². The number of nitrogens with one attached hydrogen (secondary N) is 1. The number of hydrogen-bond acceptors (Lipinski definition) is 1. The molecule has 0 bridgehead atoms. The zero-order valence-electron chi connectivity index (χ0n) is 6.85. The quantitative estimate of drug-likeness (QED) is 0.614. The molecule has 2 fully saturated rings. The Kier molecular flexibility index (Phi) is 2.52. The minimum Gasteiger partial charge on any atom is -0.316 e. The number of rotatable bonds is 0. The molecule has 1 saturated heterocycles. The normalized spacial score (nSPS) is 45.0. The van der Waals surface area contributed by atoms with Gasteiger partial charge in [0.05, 0.1) is 0 Å². The maximum Gasteiger partial charge on any atom is 0.0148 e. The molecule has 0 aromatic heterocycles. The first-order valence-corrected chi connectivity index (χ1v) is 5.62. The highest BCUT2D eigenvalue weighted by Gasteiger charge is 2.30. The average molecular weight is 218 g/mol. The van der Waals surface area contributed by atoms with Crippen molar-refractivity contribution in [3.63, 3.8) is 0 Å². The molecule has 0 aromatic rings. The van der Waals surface area contributed by atoms with Crippen LogP contribution >= 0.6 is 15.9 Å². The van der Waals surface area contributed by atoms with Crippen molar-refractivity contribution in [1.29, 1.82) is 0 Å². The van der Waals surface area contributed by atoms with Gasteiger partial charge in [-0.3, -0.25) is 0 Å². The van der Waals surface area contributed by atoms with Gasteiger partial charge in [-0.1, -0.05) is 15.9 Å². The summed E-state index contributed by atoms with van der Waals surface area (Å²) in [6, 6.07) is 0. The Morgan fingerprint density at radius 3 is 2.91 bits per heavy atom. The molecule has 1 nitrogen and oxygen atoms in total.